The van der Waals surface area contributed by atoms with Gasteiger partial charge in [0.05, 0.1) is 0 Å². The number of hydrogen-bond acceptors (Lipinski definition) is 1. The summed E-state index contributed by atoms with van der Waals surface area (Å²) < 4.78 is 6.31. The van der Waals surface area contributed by atoms with Crippen molar-refractivity contribution < 1.29 is 4.74 Å². The van der Waals surface area contributed by atoms with E-state index in [1.807, 2.05) is 12.1 Å². The second-order valence-electron chi connectivity index (χ2n) is 5.96. The molecule has 0 radical (unpaired) electrons. The van der Waals surface area contributed by atoms with Gasteiger partial charge in [-0.1, -0.05) is 66.2 Å². The Labute approximate surface area is 136 Å². The average molecular weight is 298 g/mol. The lowest BCUT2D eigenvalue weighted by molar-refractivity contribution is 0.493. The molecule has 0 spiro atoms. The minimum atomic E-state index is 0.870. The molecule has 0 N–H and O–H groups in total. The summed E-state index contributed by atoms with van der Waals surface area (Å²) in [5.41, 5.74) is 2.53. The molecule has 0 fully saturated rings. The molecular formula is C22H18O. The van der Waals surface area contributed by atoms with Crippen LogP contribution in [0.5, 0.6) is 11.5 Å². The first kappa shape index (κ1) is 13.8. The zero-order chi connectivity index (χ0) is 15.8. The van der Waals surface area contributed by atoms with Crippen molar-refractivity contribution in [2.24, 2.45) is 0 Å². The fourth-order valence-corrected chi connectivity index (χ4v) is 3.14. The zero-order valence-corrected chi connectivity index (χ0v) is 13.3. The molecule has 0 aliphatic carbocycles. The Bertz CT molecular complexity index is 940. The third-order valence-corrected chi connectivity index (χ3v) is 4.39. The van der Waals surface area contributed by atoms with Gasteiger partial charge < -0.3 is 4.74 Å². The maximum atomic E-state index is 6.31. The van der Waals surface area contributed by atoms with Crippen LogP contribution in [0.3, 0.4) is 0 Å². The first-order valence-electron chi connectivity index (χ1n) is 7.88. The summed E-state index contributed by atoms with van der Waals surface area (Å²) in [5.74, 6) is 1.81. The van der Waals surface area contributed by atoms with E-state index in [-0.39, 0.29) is 0 Å². The minimum Gasteiger partial charge on any atom is -0.456 e. The van der Waals surface area contributed by atoms with Gasteiger partial charge >= 0.3 is 0 Å². The molecule has 0 aromatic heterocycles. The fourth-order valence-electron chi connectivity index (χ4n) is 3.14. The van der Waals surface area contributed by atoms with Gasteiger partial charge in [-0.25, -0.2) is 0 Å². The fraction of sp³-hybridized carbons (Fsp3) is 0.0909. The second-order valence-corrected chi connectivity index (χ2v) is 5.96. The highest BCUT2D eigenvalue weighted by Crippen LogP contribution is 2.40. The van der Waals surface area contributed by atoms with Gasteiger partial charge in [-0.05, 0) is 42.3 Å². The molecule has 0 saturated heterocycles. The Morgan fingerprint density at radius 1 is 0.565 bits per heavy atom. The third kappa shape index (κ3) is 2.35. The van der Waals surface area contributed by atoms with Crippen molar-refractivity contribution in [3.63, 3.8) is 0 Å². The first-order valence-corrected chi connectivity index (χ1v) is 7.88. The average Bonchev–Trinajstić information content (AvgIpc) is 2.60. The molecule has 0 unspecified atom stereocenters. The van der Waals surface area contributed by atoms with Gasteiger partial charge in [-0.3, -0.25) is 0 Å². The van der Waals surface area contributed by atoms with Crippen LogP contribution < -0.4 is 4.74 Å². The predicted octanol–water partition coefficient (Wildman–Crippen LogP) is 6.40. The number of ether oxygens (including phenoxy) is 1. The molecule has 0 saturated carbocycles. The summed E-state index contributed by atoms with van der Waals surface area (Å²) >= 11 is 0. The molecule has 0 bridgehead atoms. The van der Waals surface area contributed by atoms with E-state index in [2.05, 4.69) is 74.5 Å². The third-order valence-electron chi connectivity index (χ3n) is 4.39. The van der Waals surface area contributed by atoms with Gasteiger partial charge in [0.1, 0.15) is 11.5 Å². The molecular weight excluding hydrogens is 280 g/mol. The highest BCUT2D eigenvalue weighted by atomic mass is 16.5. The lowest BCUT2D eigenvalue weighted by atomic mass is 9.96. The Kier molecular flexibility index (Phi) is 3.27. The van der Waals surface area contributed by atoms with Crippen LogP contribution in [0.25, 0.3) is 21.5 Å². The Hall–Kier alpha value is -2.80. The van der Waals surface area contributed by atoms with Crippen molar-refractivity contribution in [2.75, 3.05) is 0 Å². The standard InChI is InChI=1S/C22H18O/c1-15-11-13-17(14-12-15)23-22-20-9-5-3-7-18(20)16(2)19-8-4-6-10-21(19)22/h3-14H,1-2H3. The lowest BCUT2D eigenvalue weighted by Gasteiger charge is -2.15. The molecule has 0 amide bonds. The van der Waals surface area contributed by atoms with E-state index in [0.717, 1.165) is 22.3 Å². The van der Waals surface area contributed by atoms with Gasteiger partial charge in [-0.2, -0.15) is 0 Å². The molecule has 112 valence electrons. The molecule has 0 atom stereocenters. The van der Waals surface area contributed by atoms with Crippen molar-refractivity contribution >= 4 is 21.5 Å². The highest BCUT2D eigenvalue weighted by Gasteiger charge is 2.12. The maximum absolute atomic E-state index is 6.31. The largest absolute Gasteiger partial charge is 0.456 e. The monoisotopic (exact) mass is 298 g/mol. The number of rotatable bonds is 2. The van der Waals surface area contributed by atoms with Crippen LogP contribution in [0.15, 0.2) is 72.8 Å². The van der Waals surface area contributed by atoms with Crippen molar-refractivity contribution in [3.05, 3.63) is 83.9 Å². The SMILES string of the molecule is Cc1ccc(Oc2c3ccccc3c(C)c3ccccc23)cc1. The summed E-state index contributed by atoms with van der Waals surface area (Å²) in [4.78, 5) is 0. The predicted molar refractivity (Wildman–Crippen MR) is 97.4 cm³/mol. The van der Waals surface area contributed by atoms with E-state index in [4.69, 9.17) is 4.74 Å². The Balaban J connectivity index is 2.02. The summed E-state index contributed by atoms with van der Waals surface area (Å²) in [7, 11) is 0. The summed E-state index contributed by atoms with van der Waals surface area (Å²) in [5, 5.41) is 4.80. The van der Waals surface area contributed by atoms with Crippen LogP contribution in [0.4, 0.5) is 0 Å². The van der Waals surface area contributed by atoms with E-state index in [1.165, 1.54) is 21.9 Å². The zero-order valence-electron chi connectivity index (χ0n) is 13.3. The molecule has 0 aliphatic heterocycles. The minimum absolute atomic E-state index is 0.870. The van der Waals surface area contributed by atoms with Crippen LogP contribution in [0, 0.1) is 13.8 Å². The van der Waals surface area contributed by atoms with Crippen molar-refractivity contribution in [1.82, 2.24) is 0 Å². The second kappa shape index (κ2) is 5.44. The summed E-state index contributed by atoms with van der Waals surface area (Å²) in [6.07, 6.45) is 0. The van der Waals surface area contributed by atoms with Gasteiger partial charge in [0.25, 0.3) is 0 Å². The quantitative estimate of drug-likeness (QED) is 0.389. The Morgan fingerprint density at radius 3 is 1.57 bits per heavy atom. The number of fused-ring (bicyclic) bond motifs is 2. The summed E-state index contributed by atoms with van der Waals surface area (Å²) in [6.45, 7) is 4.26. The lowest BCUT2D eigenvalue weighted by Crippen LogP contribution is -1.91. The molecule has 4 rings (SSSR count). The number of aryl methyl sites for hydroxylation is 2. The number of benzene rings is 4. The van der Waals surface area contributed by atoms with E-state index in [1.54, 1.807) is 0 Å². The topological polar surface area (TPSA) is 9.23 Å². The molecule has 1 heteroatoms. The van der Waals surface area contributed by atoms with Gasteiger partial charge in [0.2, 0.25) is 0 Å². The number of hydrogen-bond donors (Lipinski definition) is 0. The normalized spacial score (nSPS) is 11.0. The van der Waals surface area contributed by atoms with Gasteiger partial charge in [0, 0.05) is 10.8 Å². The Morgan fingerprint density at radius 2 is 1.04 bits per heavy atom. The molecule has 1 nitrogen and oxygen atoms in total. The van der Waals surface area contributed by atoms with Crippen LogP contribution in [-0.2, 0) is 0 Å². The van der Waals surface area contributed by atoms with E-state index < -0.39 is 0 Å². The molecule has 0 aliphatic rings. The molecule has 4 aromatic rings. The van der Waals surface area contributed by atoms with E-state index in [0.29, 0.717) is 0 Å². The van der Waals surface area contributed by atoms with Crippen molar-refractivity contribution in [2.45, 2.75) is 13.8 Å². The highest BCUT2D eigenvalue weighted by molar-refractivity contribution is 6.08. The van der Waals surface area contributed by atoms with Crippen LogP contribution in [0.2, 0.25) is 0 Å². The van der Waals surface area contributed by atoms with Crippen LogP contribution in [0.1, 0.15) is 11.1 Å². The maximum Gasteiger partial charge on any atom is 0.143 e. The van der Waals surface area contributed by atoms with E-state index >= 15 is 0 Å². The van der Waals surface area contributed by atoms with Crippen molar-refractivity contribution in [1.29, 1.82) is 0 Å². The van der Waals surface area contributed by atoms with E-state index in [9.17, 15) is 0 Å². The molecule has 0 heterocycles. The molecule has 4 aromatic carbocycles. The smallest absolute Gasteiger partial charge is 0.143 e. The molecule has 23 heavy (non-hydrogen) atoms. The first-order chi connectivity index (χ1) is 11.2. The van der Waals surface area contributed by atoms with Crippen molar-refractivity contribution in [3.8, 4) is 11.5 Å². The van der Waals surface area contributed by atoms with Crippen LogP contribution in [-0.4, -0.2) is 0 Å². The van der Waals surface area contributed by atoms with Crippen LogP contribution >= 0.6 is 0 Å². The van der Waals surface area contributed by atoms with Gasteiger partial charge in [0.15, 0.2) is 0 Å². The summed E-state index contributed by atoms with van der Waals surface area (Å²) in [6, 6.07) is 25.1. The van der Waals surface area contributed by atoms with Gasteiger partial charge in [-0.15, -0.1) is 0 Å².